The average Bonchev–Trinajstić information content (AvgIpc) is 2.60. The van der Waals surface area contributed by atoms with E-state index < -0.39 is 60.9 Å². The molecule has 0 aliphatic carbocycles. The monoisotopic (exact) mass is 403 g/mol. The van der Waals surface area contributed by atoms with Crippen LogP contribution in [-0.2, 0) is 24.0 Å². The fraction of sp³-hybridized carbons (Fsp3) is 0.688. The van der Waals surface area contributed by atoms with Crippen LogP contribution in [0.1, 0.15) is 33.1 Å². The maximum Gasteiger partial charge on any atom is 0.328 e. The van der Waals surface area contributed by atoms with E-state index in [0.29, 0.717) is 0 Å². The predicted molar refractivity (Wildman–Crippen MR) is 97.5 cm³/mol. The fourth-order valence-corrected chi connectivity index (χ4v) is 2.13. The van der Waals surface area contributed by atoms with Gasteiger partial charge in [0.2, 0.25) is 23.6 Å². The van der Waals surface area contributed by atoms with Gasteiger partial charge in [0.05, 0.1) is 19.2 Å². The smallest absolute Gasteiger partial charge is 0.328 e. The molecule has 0 radical (unpaired) electrons. The minimum Gasteiger partial charge on any atom is -0.480 e. The van der Waals surface area contributed by atoms with Crippen molar-refractivity contribution in [2.45, 2.75) is 51.2 Å². The van der Waals surface area contributed by atoms with Crippen molar-refractivity contribution in [3.8, 4) is 0 Å². The Morgan fingerprint density at radius 2 is 1.61 bits per heavy atom. The van der Waals surface area contributed by atoms with Crippen molar-refractivity contribution < 1.29 is 34.2 Å². The number of nitrogens with one attached hydrogen (secondary N) is 3. The normalized spacial score (nSPS) is 13.9. The van der Waals surface area contributed by atoms with Gasteiger partial charge < -0.3 is 37.6 Å². The van der Waals surface area contributed by atoms with Gasteiger partial charge in [-0.15, -0.1) is 0 Å². The Balaban J connectivity index is 4.76. The van der Waals surface area contributed by atoms with Crippen LogP contribution in [0.25, 0.3) is 0 Å². The van der Waals surface area contributed by atoms with Gasteiger partial charge in [0, 0.05) is 6.42 Å². The van der Waals surface area contributed by atoms with Gasteiger partial charge >= 0.3 is 5.97 Å². The number of aliphatic hydroxyl groups excluding tert-OH is 1. The van der Waals surface area contributed by atoms with E-state index >= 15 is 0 Å². The Labute approximate surface area is 162 Å². The number of carbonyl (C=O) groups is 5. The summed E-state index contributed by atoms with van der Waals surface area (Å²) in [5, 5.41) is 24.4. The lowest BCUT2D eigenvalue weighted by Gasteiger charge is -2.22. The number of aliphatic hydroxyl groups is 1. The number of hydrogen-bond acceptors (Lipinski definition) is 7. The van der Waals surface area contributed by atoms with Gasteiger partial charge in [0.15, 0.2) is 0 Å². The molecule has 12 nitrogen and oxygen atoms in total. The molecule has 3 atom stereocenters. The van der Waals surface area contributed by atoms with Crippen molar-refractivity contribution in [2.75, 3.05) is 13.2 Å². The van der Waals surface area contributed by atoms with E-state index in [0.717, 1.165) is 0 Å². The van der Waals surface area contributed by atoms with E-state index in [-0.39, 0.29) is 25.2 Å². The van der Waals surface area contributed by atoms with E-state index in [9.17, 15) is 24.0 Å². The molecule has 28 heavy (non-hydrogen) atoms. The van der Waals surface area contributed by atoms with Crippen LogP contribution in [0.4, 0.5) is 0 Å². The number of aliphatic carboxylic acids is 1. The topological polar surface area (TPSA) is 214 Å². The molecule has 3 unspecified atom stereocenters. The second kappa shape index (κ2) is 12.6. The molecule has 0 aromatic carbocycles. The summed E-state index contributed by atoms with van der Waals surface area (Å²) in [5.74, 6) is -4.11. The summed E-state index contributed by atoms with van der Waals surface area (Å²) in [5.41, 5.74) is 10.7. The Bertz CT molecular complexity index is 582. The number of carbonyl (C=O) groups excluding carboxylic acids is 4. The number of hydrogen-bond donors (Lipinski definition) is 7. The molecule has 0 saturated carbocycles. The standard InChI is InChI=1S/C16H29N5O7/c1-8(2)5-10(21-14(25)9(17)3-4-12(18)23)15(26)19-6-13(24)20-11(7-22)16(27)28/h8-11,22H,3-7,17H2,1-2H3,(H2,18,23)(H,19,26)(H,20,24)(H,21,25)(H,27,28). The summed E-state index contributed by atoms with van der Waals surface area (Å²) in [6.07, 6.45) is 0.207. The first kappa shape index (κ1) is 25.3. The third-order valence-electron chi connectivity index (χ3n) is 3.62. The Hall–Kier alpha value is -2.73. The molecule has 0 fully saturated rings. The highest BCUT2D eigenvalue weighted by Crippen LogP contribution is 2.06. The van der Waals surface area contributed by atoms with Crippen molar-refractivity contribution in [3.05, 3.63) is 0 Å². The first-order chi connectivity index (χ1) is 13.0. The number of nitrogens with two attached hydrogens (primary N) is 2. The lowest BCUT2D eigenvalue weighted by Crippen LogP contribution is -2.54. The predicted octanol–water partition coefficient (Wildman–Crippen LogP) is -3.21. The first-order valence-electron chi connectivity index (χ1n) is 8.72. The molecule has 0 bridgehead atoms. The number of carboxylic acids is 1. The Morgan fingerprint density at radius 1 is 1.00 bits per heavy atom. The van der Waals surface area contributed by atoms with E-state index in [4.69, 9.17) is 21.7 Å². The van der Waals surface area contributed by atoms with Gasteiger partial charge in [-0.05, 0) is 18.8 Å². The zero-order valence-electron chi connectivity index (χ0n) is 15.9. The molecule has 0 aliphatic heterocycles. The largest absolute Gasteiger partial charge is 0.480 e. The molecule has 0 aromatic rings. The second-order valence-corrected chi connectivity index (χ2v) is 6.66. The third-order valence-corrected chi connectivity index (χ3v) is 3.62. The van der Waals surface area contributed by atoms with Gasteiger partial charge in [-0.2, -0.15) is 0 Å². The van der Waals surface area contributed by atoms with Gasteiger partial charge in [0.25, 0.3) is 0 Å². The summed E-state index contributed by atoms with van der Waals surface area (Å²) >= 11 is 0. The van der Waals surface area contributed by atoms with Crippen LogP contribution >= 0.6 is 0 Å². The Morgan fingerprint density at radius 3 is 2.07 bits per heavy atom. The maximum absolute atomic E-state index is 12.3. The van der Waals surface area contributed by atoms with Crippen LogP contribution < -0.4 is 27.4 Å². The highest BCUT2D eigenvalue weighted by molar-refractivity contribution is 5.92. The van der Waals surface area contributed by atoms with E-state index in [1.165, 1.54) is 0 Å². The number of carboxylic acid groups (broad SMARTS) is 1. The van der Waals surface area contributed by atoms with Gasteiger partial charge in [-0.25, -0.2) is 4.79 Å². The van der Waals surface area contributed by atoms with Gasteiger partial charge in [0.1, 0.15) is 12.1 Å². The minimum atomic E-state index is -1.49. The lowest BCUT2D eigenvalue weighted by molar-refractivity contribution is -0.142. The molecule has 0 spiro atoms. The van der Waals surface area contributed by atoms with Crippen LogP contribution in [0, 0.1) is 5.92 Å². The van der Waals surface area contributed by atoms with Crippen LogP contribution in [0.15, 0.2) is 0 Å². The van der Waals surface area contributed by atoms with Crippen molar-refractivity contribution in [3.63, 3.8) is 0 Å². The molecular weight excluding hydrogens is 374 g/mol. The molecule has 4 amide bonds. The molecule has 9 N–H and O–H groups in total. The number of amides is 4. The quantitative estimate of drug-likeness (QED) is 0.166. The second-order valence-electron chi connectivity index (χ2n) is 6.66. The van der Waals surface area contributed by atoms with E-state index in [2.05, 4.69) is 10.6 Å². The zero-order valence-corrected chi connectivity index (χ0v) is 15.9. The summed E-state index contributed by atoms with van der Waals surface area (Å²) in [4.78, 5) is 57.6. The highest BCUT2D eigenvalue weighted by Gasteiger charge is 2.25. The van der Waals surface area contributed by atoms with E-state index in [1.54, 1.807) is 0 Å². The van der Waals surface area contributed by atoms with Gasteiger partial charge in [-0.3, -0.25) is 19.2 Å². The fourth-order valence-electron chi connectivity index (χ4n) is 2.13. The lowest BCUT2D eigenvalue weighted by atomic mass is 10.0. The van der Waals surface area contributed by atoms with Crippen LogP contribution in [0.2, 0.25) is 0 Å². The Kier molecular flexibility index (Phi) is 11.4. The van der Waals surface area contributed by atoms with Crippen molar-refractivity contribution in [1.82, 2.24) is 16.0 Å². The molecule has 0 saturated heterocycles. The zero-order chi connectivity index (χ0) is 21.9. The van der Waals surface area contributed by atoms with Crippen molar-refractivity contribution in [2.24, 2.45) is 17.4 Å². The molecular formula is C16H29N5O7. The van der Waals surface area contributed by atoms with Crippen LogP contribution in [0.3, 0.4) is 0 Å². The molecule has 160 valence electrons. The van der Waals surface area contributed by atoms with Gasteiger partial charge in [-0.1, -0.05) is 13.8 Å². The van der Waals surface area contributed by atoms with Crippen LogP contribution in [0.5, 0.6) is 0 Å². The van der Waals surface area contributed by atoms with E-state index in [1.807, 2.05) is 19.2 Å². The summed E-state index contributed by atoms with van der Waals surface area (Å²) < 4.78 is 0. The molecule has 0 heterocycles. The average molecular weight is 403 g/mol. The molecule has 0 rings (SSSR count). The first-order valence-corrected chi connectivity index (χ1v) is 8.72. The SMILES string of the molecule is CC(C)CC(NC(=O)C(N)CCC(N)=O)C(=O)NCC(=O)NC(CO)C(=O)O. The maximum atomic E-state index is 12.3. The molecule has 0 aromatic heterocycles. The highest BCUT2D eigenvalue weighted by atomic mass is 16.4. The van der Waals surface area contributed by atoms with Crippen LogP contribution in [-0.4, -0.2) is 71.1 Å². The minimum absolute atomic E-state index is 0.0251. The third kappa shape index (κ3) is 10.4. The molecule has 12 heteroatoms. The summed E-state index contributed by atoms with van der Waals surface area (Å²) in [6, 6.07) is -3.49. The summed E-state index contributed by atoms with van der Waals surface area (Å²) in [6.45, 7) is 2.31. The number of rotatable bonds is 13. The van der Waals surface area contributed by atoms with Crippen molar-refractivity contribution >= 4 is 29.6 Å². The number of primary amides is 1. The summed E-state index contributed by atoms with van der Waals surface area (Å²) in [7, 11) is 0. The molecule has 0 aliphatic rings. The van der Waals surface area contributed by atoms with Crippen molar-refractivity contribution in [1.29, 1.82) is 0 Å².